The van der Waals surface area contributed by atoms with Gasteiger partial charge < -0.3 is 19.4 Å². The molecular weight excluding hydrogens is 532 g/mol. The monoisotopic (exact) mass is 556 g/mol. The lowest BCUT2D eigenvalue weighted by molar-refractivity contribution is -0.113. The molecule has 0 fully saturated rings. The van der Waals surface area contributed by atoms with Crippen molar-refractivity contribution in [2.45, 2.75) is 32.2 Å². The highest BCUT2D eigenvalue weighted by atomic mass is 35.5. The number of carbonyl (C=O) groups excluding carboxylic acids is 2. The molecule has 1 N–H and O–H groups in total. The van der Waals surface area contributed by atoms with Crippen LogP contribution in [0.3, 0.4) is 0 Å². The highest BCUT2D eigenvalue weighted by molar-refractivity contribution is 7.99. The molecule has 0 saturated heterocycles. The summed E-state index contributed by atoms with van der Waals surface area (Å²) in [5, 5.41) is 14.9. The van der Waals surface area contributed by atoms with Crippen LogP contribution in [0.4, 0.5) is 5.00 Å². The Labute approximate surface area is 228 Å². The van der Waals surface area contributed by atoms with Gasteiger partial charge in [-0.1, -0.05) is 53.7 Å². The number of hydrogen-bond acceptors (Lipinski definition) is 8. The lowest BCUT2D eigenvalue weighted by Crippen LogP contribution is -2.17. The van der Waals surface area contributed by atoms with Gasteiger partial charge in [-0.3, -0.25) is 4.79 Å². The average Bonchev–Trinajstić information content (AvgIpc) is 3.51. The number of rotatable bonds is 11. The van der Waals surface area contributed by atoms with E-state index in [1.807, 2.05) is 47.2 Å². The molecule has 0 atom stereocenters. The number of ether oxygens (including phenoxy) is 2. The molecule has 0 aliphatic carbocycles. The van der Waals surface area contributed by atoms with Gasteiger partial charge in [0.05, 0.1) is 12.4 Å². The number of thioether (sulfide) groups is 1. The van der Waals surface area contributed by atoms with E-state index in [1.54, 1.807) is 31.2 Å². The standard InChI is InChI=1S/C26H25ClN4O4S2/c1-3-31-21(14-35-19-12-10-18(27)11-13-19)29-30-26(31)37-16-22(32)28-24-23(25(33)34-4-2)20(15-36-24)17-8-6-5-7-9-17/h5-13,15H,3-4,14,16H2,1-2H3,(H,28,32). The Balaban J connectivity index is 1.42. The predicted molar refractivity (Wildman–Crippen MR) is 147 cm³/mol. The minimum atomic E-state index is -0.471. The van der Waals surface area contributed by atoms with E-state index in [1.165, 1.54) is 23.1 Å². The highest BCUT2D eigenvalue weighted by Gasteiger charge is 2.23. The fourth-order valence-electron chi connectivity index (χ4n) is 3.51. The third-order valence-corrected chi connectivity index (χ3v) is 7.35. The molecule has 4 rings (SSSR count). The number of amides is 1. The van der Waals surface area contributed by atoms with Gasteiger partial charge in [-0.25, -0.2) is 4.79 Å². The predicted octanol–water partition coefficient (Wildman–Crippen LogP) is 6.17. The van der Waals surface area contributed by atoms with Gasteiger partial charge in [-0.2, -0.15) is 0 Å². The summed E-state index contributed by atoms with van der Waals surface area (Å²) in [7, 11) is 0. The Bertz CT molecular complexity index is 1360. The van der Waals surface area contributed by atoms with Crippen molar-refractivity contribution >= 4 is 51.6 Å². The van der Waals surface area contributed by atoms with Crippen molar-refractivity contribution in [3.8, 4) is 16.9 Å². The molecule has 0 spiro atoms. The van der Waals surface area contributed by atoms with Crippen molar-refractivity contribution in [1.29, 1.82) is 0 Å². The first-order chi connectivity index (χ1) is 18.0. The molecule has 0 aliphatic heterocycles. The Morgan fingerprint density at radius 2 is 1.84 bits per heavy atom. The van der Waals surface area contributed by atoms with Crippen LogP contribution < -0.4 is 10.1 Å². The largest absolute Gasteiger partial charge is 0.486 e. The average molecular weight is 557 g/mol. The Kier molecular flexibility index (Phi) is 9.21. The first-order valence-corrected chi connectivity index (χ1v) is 13.8. The summed E-state index contributed by atoms with van der Waals surface area (Å²) in [6.45, 7) is 4.81. The molecule has 0 bridgehead atoms. The third kappa shape index (κ3) is 6.71. The van der Waals surface area contributed by atoms with Crippen molar-refractivity contribution in [2.75, 3.05) is 17.7 Å². The van der Waals surface area contributed by atoms with Crippen LogP contribution in [0.25, 0.3) is 11.1 Å². The molecule has 2 aromatic carbocycles. The van der Waals surface area contributed by atoms with Crippen molar-refractivity contribution in [3.63, 3.8) is 0 Å². The van der Waals surface area contributed by atoms with Gasteiger partial charge in [0.1, 0.15) is 22.9 Å². The van der Waals surface area contributed by atoms with Crippen LogP contribution in [0.15, 0.2) is 65.1 Å². The number of thiophene rings is 1. The minimum Gasteiger partial charge on any atom is -0.486 e. The van der Waals surface area contributed by atoms with Crippen LogP contribution in [0.2, 0.25) is 5.02 Å². The van der Waals surface area contributed by atoms with Gasteiger partial charge in [-0.15, -0.1) is 21.5 Å². The van der Waals surface area contributed by atoms with Gasteiger partial charge >= 0.3 is 5.97 Å². The van der Waals surface area contributed by atoms with Gasteiger partial charge in [0.2, 0.25) is 5.91 Å². The van der Waals surface area contributed by atoms with E-state index >= 15 is 0 Å². The second-order valence-electron chi connectivity index (χ2n) is 7.66. The normalized spacial score (nSPS) is 10.8. The van der Waals surface area contributed by atoms with Crippen LogP contribution in [0.5, 0.6) is 5.75 Å². The van der Waals surface area contributed by atoms with Gasteiger partial charge in [0.25, 0.3) is 0 Å². The van der Waals surface area contributed by atoms with Gasteiger partial charge in [0.15, 0.2) is 11.0 Å². The van der Waals surface area contributed by atoms with Crippen LogP contribution in [0.1, 0.15) is 30.0 Å². The number of esters is 1. The van der Waals surface area contributed by atoms with E-state index in [2.05, 4.69) is 15.5 Å². The topological polar surface area (TPSA) is 95.3 Å². The Morgan fingerprint density at radius 3 is 2.54 bits per heavy atom. The third-order valence-electron chi connectivity index (χ3n) is 5.23. The summed E-state index contributed by atoms with van der Waals surface area (Å²) >= 11 is 8.48. The molecular formula is C26H25ClN4O4S2. The summed E-state index contributed by atoms with van der Waals surface area (Å²) in [6, 6.07) is 16.6. The van der Waals surface area contributed by atoms with E-state index < -0.39 is 5.97 Å². The molecule has 2 aromatic heterocycles. The fraction of sp³-hybridized carbons (Fsp3) is 0.231. The van der Waals surface area contributed by atoms with E-state index in [0.717, 1.165) is 11.1 Å². The lowest BCUT2D eigenvalue weighted by atomic mass is 10.0. The maximum absolute atomic E-state index is 12.8. The summed E-state index contributed by atoms with van der Waals surface area (Å²) in [5.74, 6) is 0.683. The van der Waals surface area contributed by atoms with E-state index in [0.29, 0.717) is 38.9 Å². The maximum atomic E-state index is 12.8. The van der Waals surface area contributed by atoms with Crippen molar-refractivity contribution in [3.05, 3.63) is 76.4 Å². The van der Waals surface area contributed by atoms with Crippen molar-refractivity contribution in [2.24, 2.45) is 0 Å². The molecule has 0 radical (unpaired) electrons. The first kappa shape index (κ1) is 26.7. The van der Waals surface area contributed by atoms with Crippen molar-refractivity contribution in [1.82, 2.24) is 14.8 Å². The summed E-state index contributed by atoms with van der Waals surface area (Å²) < 4.78 is 13.0. The molecule has 0 unspecified atom stereocenters. The van der Waals surface area contributed by atoms with Crippen LogP contribution in [-0.4, -0.2) is 39.0 Å². The zero-order valence-corrected chi connectivity index (χ0v) is 22.7. The summed E-state index contributed by atoms with van der Waals surface area (Å²) in [5.41, 5.74) is 1.96. The number of benzene rings is 2. The zero-order valence-electron chi connectivity index (χ0n) is 20.3. The first-order valence-electron chi connectivity index (χ1n) is 11.6. The summed E-state index contributed by atoms with van der Waals surface area (Å²) in [4.78, 5) is 25.6. The zero-order chi connectivity index (χ0) is 26.2. The minimum absolute atomic E-state index is 0.0943. The second-order valence-corrected chi connectivity index (χ2v) is 9.92. The van der Waals surface area contributed by atoms with Crippen LogP contribution in [-0.2, 0) is 22.7 Å². The Morgan fingerprint density at radius 1 is 1.08 bits per heavy atom. The maximum Gasteiger partial charge on any atom is 0.341 e. The molecule has 0 saturated carbocycles. The number of anilines is 1. The van der Waals surface area contributed by atoms with E-state index in [-0.39, 0.29) is 24.9 Å². The van der Waals surface area contributed by atoms with Gasteiger partial charge in [-0.05, 0) is 43.7 Å². The quantitative estimate of drug-likeness (QED) is 0.174. The number of halogens is 1. The smallest absolute Gasteiger partial charge is 0.341 e. The number of aromatic nitrogens is 3. The van der Waals surface area contributed by atoms with Crippen LogP contribution >= 0.6 is 34.7 Å². The van der Waals surface area contributed by atoms with Gasteiger partial charge in [0, 0.05) is 22.5 Å². The Hall–Kier alpha value is -3.34. The number of nitrogens with one attached hydrogen (secondary N) is 1. The molecule has 4 aromatic rings. The molecule has 37 heavy (non-hydrogen) atoms. The lowest BCUT2D eigenvalue weighted by Gasteiger charge is -2.10. The number of carbonyl (C=O) groups is 2. The van der Waals surface area contributed by atoms with E-state index in [9.17, 15) is 9.59 Å². The van der Waals surface area contributed by atoms with E-state index in [4.69, 9.17) is 21.1 Å². The second kappa shape index (κ2) is 12.8. The molecule has 11 heteroatoms. The molecule has 2 heterocycles. The number of hydrogen-bond donors (Lipinski definition) is 1. The fourth-order valence-corrected chi connectivity index (χ4v) is 5.43. The SMILES string of the molecule is CCOC(=O)c1c(-c2ccccc2)csc1NC(=O)CSc1nnc(COc2ccc(Cl)cc2)n1CC. The number of nitrogens with zero attached hydrogens (tertiary/aromatic N) is 3. The van der Waals surface area contributed by atoms with Crippen LogP contribution in [0, 0.1) is 0 Å². The van der Waals surface area contributed by atoms with Crippen molar-refractivity contribution < 1.29 is 19.1 Å². The molecule has 8 nitrogen and oxygen atoms in total. The molecule has 1 amide bonds. The molecule has 0 aliphatic rings. The summed E-state index contributed by atoms with van der Waals surface area (Å²) in [6.07, 6.45) is 0. The highest BCUT2D eigenvalue weighted by Crippen LogP contribution is 2.36. The molecule has 192 valence electrons.